The number of anilines is 1. The van der Waals surface area contributed by atoms with Gasteiger partial charge in [-0.3, -0.25) is 9.59 Å². The number of hydrogen-bond donors (Lipinski definition) is 3. The maximum absolute atomic E-state index is 11.6. The Morgan fingerprint density at radius 2 is 1.94 bits per heavy atom. The molecule has 2 amide bonds. The molecule has 0 saturated carbocycles. The molecule has 6 heteroatoms. The van der Waals surface area contributed by atoms with Crippen molar-refractivity contribution in [2.24, 2.45) is 11.5 Å². The number of benzene rings is 1. The second-order valence-electron chi connectivity index (χ2n) is 4.23. The first-order valence-electron chi connectivity index (χ1n) is 4.91. The summed E-state index contributed by atoms with van der Waals surface area (Å²) in [5, 5.41) is 2.81. The third-order valence-electron chi connectivity index (χ3n) is 2.07. The molecule has 1 aromatic carbocycles. The Labute approximate surface area is 104 Å². The van der Waals surface area contributed by atoms with Crippen molar-refractivity contribution in [3.05, 3.63) is 28.8 Å². The summed E-state index contributed by atoms with van der Waals surface area (Å²) in [6.45, 7) is 3.15. The van der Waals surface area contributed by atoms with E-state index >= 15 is 0 Å². The molecule has 17 heavy (non-hydrogen) atoms. The lowest BCUT2D eigenvalue weighted by Gasteiger charge is -2.18. The van der Waals surface area contributed by atoms with E-state index < -0.39 is 11.4 Å². The van der Waals surface area contributed by atoms with Gasteiger partial charge in [-0.1, -0.05) is 11.6 Å². The highest BCUT2D eigenvalue weighted by atomic mass is 35.5. The highest BCUT2D eigenvalue weighted by Gasteiger charge is 2.22. The van der Waals surface area contributed by atoms with Gasteiger partial charge in [-0.2, -0.15) is 0 Å². The van der Waals surface area contributed by atoms with Gasteiger partial charge in [-0.25, -0.2) is 0 Å². The lowest BCUT2D eigenvalue weighted by Crippen LogP contribution is -2.45. The Kier molecular flexibility index (Phi) is 3.75. The Bertz CT molecular complexity index is 466. The van der Waals surface area contributed by atoms with Crippen LogP contribution in [0.1, 0.15) is 24.2 Å². The zero-order valence-corrected chi connectivity index (χ0v) is 10.3. The van der Waals surface area contributed by atoms with Gasteiger partial charge in [-0.05, 0) is 32.0 Å². The second kappa shape index (κ2) is 4.73. The van der Waals surface area contributed by atoms with Gasteiger partial charge in [0.2, 0.25) is 11.8 Å². The first-order valence-corrected chi connectivity index (χ1v) is 5.29. The average molecular weight is 256 g/mol. The van der Waals surface area contributed by atoms with Crippen molar-refractivity contribution in [2.45, 2.75) is 19.4 Å². The van der Waals surface area contributed by atoms with Crippen LogP contribution in [-0.2, 0) is 4.79 Å². The van der Waals surface area contributed by atoms with E-state index in [1.807, 2.05) is 0 Å². The Hall–Kier alpha value is -1.59. The summed E-state index contributed by atoms with van der Waals surface area (Å²) in [5.74, 6) is -1.02. The summed E-state index contributed by atoms with van der Waals surface area (Å²) < 4.78 is 0. The van der Waals surface area contributed by atoms with Crippen molar-refractivity contribution in [3.63, 3.8) is 0 Å². The molecule has 0 atom stereocenters. The van der Waals surface area contributed by atoms with E-state index in [1.54, 1.807) is 19.9 Å². The number of rotatable bonds is 3. The first-order chi connectivity index (χ1) is 7.71. The Morgan fingerprint density at radius 3 is 2.41 bits per heavy atom. The van der Waals surface area contributed by atoms with E-state index in [4.69, 9.17) is 23.1 Å². The minimum atomic E-state index is -1.01. The van der Waals surface area contributed by atoms with Crippen LogP contribution in [0.2, 0.25) is 5.02 Å². The molecule has 0 unspecified atom stereocenters. The molecule has 92 valence electrons. The molecule has 0 fully saturated rings. The van der Waals surface area contributed by atoms with Crippen LogP contribution >= 0.6 is 11.6 Å². The smallest absolute Gasteiger partial charge is 0.250 e. The molecular weight excluding hydrogens is 242 g/mol. The fraction of sp³-hybridized carbons (Fsp3) is 0.273. The van der Waals surface area contributed by atoms with Crippen molar-refractivity contribution in [1.29, 1.82) is 0 Å². The number of nitrogens with one attached hydrogen (secondary N) is 1. The SMILES string of the molecule is CC(C)(N)C(=O)Nc1ccc(Cl)c(C(N)=O)c1. The summed E-state index contributed by atoms with van der Waals surface area (Å²) in [6.07, 6.45) is 0. The van der Waals surface area contributed by atoms with Gasteiger partial charge < -0.3 is 16.8 Å². The molecule has 0 aliphatic heterocycles. The van der Waals surface area contributed by atoms with Crippen LogP contribution in [0.3, 0.4) is 0 Å². The molecule has 0 radical (unpaired) electrons. The lowest BCUT2D eigenvalue weighted by molar-refractivity contribution is -0.120. The quantitative estimate of drug-likeness (QED) is 0.755. The van der Waals surface area contributed by atoms with E-state index in [9.17, 15) is 9.59 Å². The van der Waals surface area contributed by atoms with Gasteiger partial charge in [0, 0.05) is 5.69 Å². The molecule has 1 rings (SSSR count). The van der Waals surface area contributed by atoms with Crippen molar-refractivity contribution in [1.82, 2.24) is 0 Å². The van der Waals surface area contributed by atoms with E-state index in [2.05, 4.69) is 5.32 Å². The van der Waals surface area contributed by atoms with Crippen LogP contribution in [0.5, 0.6) is 0 Å². The van der Waals surface area contributed by atoms with Crippen molar-refractivity contribution in [2.75, 3.05) is 5.32 Å². The molecule has 0 aliphatic rings. The van der Waals surface area contributed by atoms with Crippen LogP contribution in [0.25, 0.3) is 0 Å². The summed E-state index contributed by atoms with van der Waals surface area (Å²) in [4.78, 5) is 22.7. The van der Waals surface area contributed by atoms with Gasteiger partial charge in [0.1, 0.15) is 0 Å². The van der Waals surface area contributed by atoms with Gasteiger partial charge in [0.15, 0.2) is 0 Å². The third-order valence-corrected chi connectivity index (χ3v) is 2.40. The van der Waals surface area contributed by atoms with Crippen molar-refractivity contribution in [3.8, 4) is 0 Å². The monoisotopic (exact) mass is 255 g/mol. The van der Waals surface area contributed by atoms with E-state index in [0.717, 1.165) is 0 Å². The fourth-order valence-corrected chi connectivity index (χ4v) is 1.29. The standard InChI is InChI=1S/C11H14ClN3O2/c1-11(2,14)10(17)15-6-3-4-8(12)7(5-6)9(13)16/h3-5H,14H2,1-2H3,(H2,13,16)(H,15,17). The molecule has 0 aromatic heterocycles. The molecule has 0 heterocycles. The predicted molar refractivity (Wildman–Crippen MR) is 66.9 cm³/mol. The van der Waals surface area contributed by atoms with Crippen LogP contribution in [0, 0.1) is 0 Å². The second-order valence-corrected chi connectivity index (χ2v) is 4.64. The number of amides is 2. The van der Waals surface area contributed by atoms with Crippen LogP contribution in [0.15, 0.2) is 18.2 Å². The minimum Gasteiger partial charge on any atom is -0.366 e. The number of halogens is 1. The van der Waals surface area contributed by atoms with Crippen molar-refractivity contribution >= 4 is 29.1 Å². The van der Waals surface area contributed by atoms with E-state index in [0.29, 0.717) is 5.69 Å². The Morgan fingerprint density at radius 1 is 1.35 bits per heavy atom. The number of nitrogens with two attached hydrogens (primary N) is 2. The van der Waals surface area contributed by atoms with Crippen molar-refractivity contribution < 1.29 is 9.59 Å². The van der Waals surface area contributed by atoms with Gasteiger partial charge >= 0.3 is 0 Å². The lowest BCUT2D eigenvalue weighted by atomic mass is 10.1. The summed E-state index contributed by atoms with van der Waals surface area (Å²) >= 11 is 5.78. The zero-order valence-electron chi connectivity index (χ0n) is 9.58. The normalized spacial score (nSPS) is 11.1. The largest absolute Gasteiger partial charge is 0.366 e. The average Bonchev–Trinajstić information content (AvgIpc) is 2.19. The maximum atomic E-state index is 11.6. The van der Waals surface area contributed by atoms with Crippen LogP contribution in [-0.4, -0.2) is 17.4 Å². The highest BCUT2D eigenvalue weighted by Crippen LogP contribution is 2.20. The summed E-state index contributed by atoms with van der Waals surface area (Å²) in [6, 6.07) is 4.47. The molecule has 1 aromatic rings. The van der Waals surface area contributed by atoms with E-state index in [1.165, 1.54) is 12.1 Å². The predicted octanol–water partition coefficient (Wildman–Crippen LogP) is 1.11. The van der Waals surface area contributed by atoms with Gasteiger partial charge in [-0.15, -0.1) is 0 Å². The fourth-order valence-electron chi connectivity index (χ4n) is 1.08. The molecular formula is C11H14ClN3O2. The molecule has 0 saturated heterocycles. The molecule has 0 spiro atoms. The maximum Gasteiger partial charge on any atom is 0.250 e. The molecule has 0 aliphatic carbocycles. The van der Waals surface area contributed by atoms with E-state index in [-0.39, 0.29) is 16.5 Å². The summed E-state index contributed by atoms with van der Waals surface area (Å²) in [7, 11) is 0. The molecule has 5 nitrogen and oxygen atoms in total. The highest BCUT2D eigenvalue weighted by molar-refractivity contribution is 6.34. The van der Waals surface area contributed by atoms with Gasteiger partial charge in [0.05, 0.1) is 16.1 Å². The topological polar surface area (TPSA) is 98.2 Å². The number of primary amides is 1. The third kappa shape index (κ3) is 3.44. The number of carbonyl (C=O) groups is 2. The molecule has 5 N–H and O–H groups in total. The van der Waals surface area contributed by atoms with Gasteiger partial charge in [0.25, 0.3) is 0 Å². The van der Waals surface area contributed by atoms with Crippen LogP contribution < -0.4 is 16.8 Å². The number of hydrogen-bond acceptors (Lipinski definition) is 3. The summed E-state index contributed by atoms with van der Waals surface area (Å²) in [5.41, 5.74) is 10.3. The zero-order chi connectivity index (χ0) is 13.2. The van der Waals surface area contributed by atoms with Crippen LogP contribution in [0.4, 0.5) is 5.69 Å². The Balaban J connectivity index is 2.98. The number of carbonyl (C=O) groups excluding carboxylic acids is 2. The first kappa shape index (κ1) is 13.5. The minimum absolute atomic E-state index is 0.152. The molecule has 0 bridgehead atoms.